The Morgan fingerprint density at radius 3 is 3.00 bits per heavy atom. The van der Waals surface area contributed by atoms with Gasteiger partial charge in [-0.1, -0.05) is 13.0 Å². The fourth-order valence-electron chi connectivity index (χ4n) is 1.99. The van der Waals surface area contributed by atoms with Gasteiger partial charge in [-0.2, -0.15) is 0 Å². The molecular formula is C11H18NO2. The van der Waals surface area contributed by atoms with Crippen LogP contribution in [0.5, 0.6) is 0 Å². The van der Waals surface area contributed by atoms with Crippen molar-refractivity contribution in [3.63, 3.8) is 0 Å². The van der Waals surface area contributed by atoms with Crippen LogP contribution in [0, 0.1) is 5.92 Å². The molecule has 0 aromatic heterocycles. The first-order valence-corrected chi connectivity index (χ1v) is 5.00. The number of nitrogens with zero attached hydrogens (tertiary/aromatic N) is 1. The van der Waals surface area contributed by atoms with Gasteiger partial charge in [-0.3, -0.25) is 9.69 Å². The van der Waals surface area contributed by atoms with Gasteiger partial charge in [-0.25, -0.2) is 0 Å². The van der Waals surface area contributed by atoms with Crippen LogP contribution >= 0.6 is 0 Å². The van der Waals surface area contributed by atoms with Crippen LogP contribution in [-0.2, 0) is 9.53 Å². The first kappa shape index (κ1) is 11.4. The van der Waals surface area contributed by atoms with Crippen molar-refractivity contribution in [2.75, 3.05) is 13.6 Å². The van der Waals surface area contributed by atoms with E-state index in [2.05, 4.69) is 13.5 Å². The van der Waals surface area contributed by atoms with Crippen molar-refractivity contribution in [3.05, 3.63) is 12.7 Å². The highest BCUT2D eigenvalue weighted by atomic mass is 16.5. The van der Waals surface area contributed by atoms with E-state index in [0.717, 1.165) is 12.8 Å². The first-order chi connectivity index (χ1) is 6.69. The van der Waals surface area contributed by atoms with Crippen LogP contribution in [0.2, 0.25) is 0 Å². The third-order valence-electron chi connectivity index (χ3n) is 2.63. The van der Waals surface area contributed by atoms with E-state index in [-0.39, 0.29) is 12.3 Å². The number of ether oxygens (including phenoxy) is 1. The third kappa shape index (κ3) is 2.66. The Labute approximate surface area is 85.7 Å². The number of hydrogen-bond acceptors (Lipinski definition) is 3. The van der Waals surface area contributed by atoms with Gasteiger partial charge in [0.25, 0.3) is 0 Å². The molecule has 1 rings (SSSR count). The summed E-state index contributed by atoms with van der Waals surface area (Å²) in [5, 5.41) is 0. The average Bonchev–Trinajstić information content (AvgIpc) is 2.48. The zero-order chi connectivity index (χ0) is 10.6. The Morgan fingerprint density at radius 1 is 1.71 bits per heavy atom. The van der Waals surface area contributed by atoms with Crippen LogP contribution < -0.4 is 0 Å². The van der Waals surface area contributed by atoms with Crippen LogP contribution in [0.4, 0.5) is 0 Å². The number of carbonyl (C=O) groups excluding carboxylic acids is 1. The molecule has 2 unspecified atom stereocenters. The maximum atomic E-state index is 10.2. The van der Waals surface area contributed by atoms with E-state index in [9.17, 15) is 4.79 Å². The molecule has 0 saturated carbocycles. The Balaban J connectivity index is 2.46. The van der Waals surface area contributed by atoms with Gasteiger partial charge in [0, 0.05) is 0 Å². The van der Waals surface area contributed by atoms with E-state index < -0.39 is 0 Å². The lowest BCUT2D eigenvalue weighted by Crippen LogP contribution is -2.36. The topological polar surface area (TPSA) is 29.5 Å². The van der Waals surface area contributed by atoms with Crippen molar-refractivity contribution < 1.29 is 9.53 Å². The van der Waals surface area contributed by atoms with Gasteiger partial charge in [0.05, 0.1) is 12.6 Å². The molecule has 1 radical (unpaired) electrons. The molecule has 1 fully saturated rings. The SMILES string of the molecule is C=CCC1C[C@@H](C)C(N(C)C[C]=O)O1. The normalized spacial score (nSPS) is 32.1. The van der Waals surface area contributed by atoms with Gasteiger partial charge in [-0.05, 0) is 25.8 Å². The predicted molar refractivity (Wildman–Crippen MR) is 55.6 cm³/mol. The summed E-state index contributed by atoms with van der Waals surface area (Å²) in [7, 11) is 1.89. The van der Waals surface area contributed by atoms with E-state index in [4.69, 9.17) is 4.74 Å². The molecule has 1 saturated heterocycles. The van der Waals surface area contributed by atoms with Crippen molar-refractivity contribution in [2.24, 2.45) is 5.92 Å². The van der Waals surface area contributed by atoms with Gasteiger partial charge >= 0.3 is 0 Å². The monoisotopic (exact) mass is 196 g/mol. The molecule has 0 bridgehead atoms. The summed E-state index contributed by atoms with van der Waals surface area (Å²) < 4.78 is 5.80. The largest absolute Gasteiger partial charge is 0.359 e. The number of hydrogen-bond donors (Lipinski definition) is 0. The van der Waals surface area contributed by atoms with Gasteiger partial charge < -0.3 is 4.74 Å². The zero-order valence-corrected chi connectivity index (χ0v) is 8.90. The summed E-state index contributed by atoms with van der Waals surface area (Å²) in [4.78, 5) is 12.2. The number of rotatable bonds is 5. The van der Waals surface area contributed by atoms with E-state index in [1.807, 2.05) is 24.3 Å². The smallest absolute Gasteiger partial charge is 0.213 e. The Bertz CT molecular complexity index is 205. The van der Waals surface area contributed by atoms with Crippen LogP contribution in [0.15, 0.2) is 12.7 Å². The second-order valence-corrected chi connectivity index (χ2v) is 3.95. The molecule has 3 atom stereocenters. The minimum Gasteiger partial charge on any atom is -0.359 e. The summed E-state index contributed by atoms with van der Waals surface area (Å²) in [6, 6.07) is 0. The zero-order valence-electron chi connectivity index (χ0n) is 8.90. The average molecular weight is 196 g/mol. The third-order valence-corrected chi connectivity index (χ3v) is 2.63. The molecule has 1 heterocycles. The molecule has 3 nitrogen and oxygen atoms in total. The minimum atomic E-state index is 0.0569. The lowest BCUT2D eigenvalue weighted by molar-refractivity contribution is -0.0483. The highest BCUT2D eigenvalue weighted by molar-refractivity contribution is 5.52. The van der Waals surface area contributed by atoms with Gasteiger partial charge in [0.15, 0.2) is 0 Å². The van der Waals surface area contributed by atoms with Gasteiger partial charge in [0.2, 0.25) is 6.29 Å². The maximum absolute atomic E-state index is 10.2. The molecule has 0 amide bonds. The van der Waals surface area contributed by atoms with Gasteiger partial charge in [-0.15, -0.1) is 6.58 Å². The minimum absolute atomic E-state index is 0.0569. The predicted octanol–water partition coefficient (Wildman–Crippen LogP) is 1.36. The molecule has 0 N–H and O–H groups in total. The van der Waals surface area contributed by atoms with Crippen LogP contribution in [0.3, 0.4) is 0 Å². The molecule has 0 spiro atoms. The molecule has 1 aliphatic rings. The van der Waals surface area contributed by atoms with Gasteiger partial charge in [0.1, 0.15) is 6.23 Å². The van der Waals surface area contributed by atoms with Crippen LogP contribution in [0.25, 0.3) is 0 Å². The Hall–Kier alpha value is -0.670. The molecule has 1 aliphatic heterocycles. The van der Waals surface area contributed by atoms with Crippen molar-refractivity contribution >= 4 is 6.29 Å². The highest BCUT2D eigenvalue weighted by Crippen LogP contribution is 2.29. The lowest BCUT2D eigenvalue weighted by atomic mass is 10.0. The molecule has 0 aromatic carbocycles. The second-order valence-electron chi connectivity index (χ2n) is 3.95. The second kappa shape index (κ2) is 5.27. The molecular weight excluding hydrogens is 178 g/mol. The summed E-state index contributed by atoms with van der Waals surface area (Å²) in [6.45, 7) is 6.16. The molecule has 3 heteroatoms. The van der Waals surface area contributed by atoms with E-state index in [1.165, 1.54) is 0 Å². The standard InChI is InChI=1S/C11H18NO2/c1-4-5-10-8-9(2)11(14-10)12(3)6-7-13/h4,9-11H,1,5-6,8H2,2-3H3/t9-,10?,11?/m1/s1. The summed E-state index contributed by atoms with van der Waals surface area (Å²) in [6.07, 6.45) is 6.02. The molecule has 79 valence electrons. The van der Waals surface area contributed by atoms with Crippen LogP contribution in [0.1, 0.15) is 19.8 Å². The lowest BCUT2D eigenvalue weighted by Gasteiger charge is -2.24. The maximum Gasteiger partial charge on any atom is 0.213 e. The Morgan fingerprint density at radius 2 is 2.43 bits per heavy atom. The first-order valence-electron chi connectivity index (χ1n) is 5.00. The Kier molecular flexibility index (Phi) is 4.29. The fourth-order valence-corrected chi connectivity index (χ4v) is 1.99. The van der Waals surface area contributed by atoms with Crippen molar-refractivity contribution in [2.45, 2.75) is 32.1 Å². The van der Waals surface area contributed by atoms with Crippen molar-refractivity contribution in [1.82, 2.24) is 4.90 Å². The van der Waals surface area contributed by atoms with E-state index in [0.29, 0.717) is 12.5 Å². The summed E-state index contributed by atoms with van der Waals surface area (Å²) in [5.41, 5.74) is 0. The quantitative estimate of drug-likeness (QED) is 0.622. The summed E-state index contributed by atoms with van der Waals surface area (Å²) in [5.74, 6) is 0.471. The van der Waals surface area contributed by atoms with Crippen LogP contribution in [-0.4, -0.2) is 37.1 Å². The number of likely N-dealkylation sites (N-methyl/N-ethyl adjacent to an activating group) is 1. The van der Waals surface area contributed by atoms with E-state index >= 15 is 0 Å². The van der Waals surface area contributed by atoms with E-state index in [1.54, 1.807) is 0 Å². The molecule has 0 aromatic rings. The summed E-state index contributed by atoms with van der Waals surface area (Å²) >= 11 is 0. The fraction of sp³-hybridized carbons (Fsp3) is 0.727. The van der Waals surface area contributed by atoms with Crippen molar-refractivity contribution in [1.29, 1.82) is 0 Å². The molecule has 0 aliphatic carbocycles. The highest BCUT2D eigenvalue weighted by Gasteiger charge is 2.33. The molecule has 14 heavy (non-hydrogen) atoms. The van der Waals surface area contributed by atoms with Crippen molar-refractivity contribution in [3.8, 4) is 0 Å².